The smallest absolute Gasteiger partial charge is 0.308 e. The van der Waals surface area contributed by atoms with Gasteiger partial charge >= 0.3 is 5.97 Å². The Hall–Kier alpha value is -2.41. The molecule has 0 spiro atoms. The second-order valence-corrected chi connectivity index (χ2v) is 6.95. The Morgan fingerprint density at radius 2 is 1.88 bits per heavy atom. The van der Waals surface area contributed by atoms with Crippen molar-refractivity contribution in [2.75, 3.05) is 25.1 Å². The van der Waals surface area contributed by atoms with Crippen LogP contribution in [0.3, 0.4) is 0 Å². The lowest BCUT2D eigenvalue weighted by atomic mass is 9.86. The Morgan fingerprint density at radius 1 is 1.15 bits per heavy atom. The predicted molar refractivity (Wildman–Crippen MR) is 94.8 cm³/mol. The molecule has 1 saturated heterocycles. The van der Waals surface area contributed by atoms with E-state index < -0.39 is 11.9 Å². The third-order valence-corrected chi connectivity index (χ3v) is 4.98. The fraction of sp³-hybridized carbons (Fsp3) is 0.526. The second-order valence-electron chi connectivity index (χ2n) is 6.95. The van der Waals surface area contributed by atoms with E-state index in [0.717, 1.165) is 12.8 Å². The zero-order valence-corrected chi connectivity index (χ0v) is 14.6. The molecule has 2 aliphatic rings. The average molecular weight is 360 g/mol. The molecule has 2 amide bonds. The van der Waals surface area contributed by atoms with Gasteiger partial charge in [0.2, 0.25) is 5.91 Å². The largest absolute Gasteiger partial charge is 0.481 e. The van der Waals surface area contributed by atoms with Crippen molar-refractivity contribution in [3.8, 4) is 0 Å². The number of carboxylic acids is 1. The van der Waals surface area contributed by atoms with Crippen LogP contribution in [-0.4, -0.2) is 42.6 Å². The number of ether oxygens (including phenoxy) is 1. The van der Waals surface area contributed by atoms with Crippen LogP contribution >= 0.6 is 0 Å². The minimum atomic E-state index is -0.900. The Balaban J connectivity index is 1.57. The van der Waals surface area contributed by atoms with Gasteiger partial charge in [0.05, 0.1) is 5.92 Å². The quantitative estimate of drug-likeness (QED) is 0.689. The molecule has 3 N–H and O–H groups in total. The molecule has 0 aromatic heterocycles. The first kappa shape index (κ1) is 18.4. The summed E-state index contributed by atoms with van der Waals surface area (Å²) < 4.78 is 5.28. The third-order valence-electron chi connectivity index (χ3n) is 4.98. The maximum Gasteiger partial charge on any atom is 0.308 e. The van der Waals surface area contributed by atoms with Crippen LogP contribution in [0, 0.1) is 17.8 Å². The van der Waals surface area contributed by atoms with E-state index in [9.17, 15) is 19.5 Å². The summed E-state index contributed by atoms with van der Waals surface area (Å²) in [6.07, 6.45) is 3.20. The lowest BCUT2D eigenvalue weighted by Gasteiger charge is -2.27. The van der Waals surface area contributed by atoms with Crippen LogP contribution in [-0.2, 0) is 14.3 Å². The SMILES string of the molecule is O=C(NCC(C(=O)O)C1CCOCC1)c1cccc(NC(=O)C2CC2)c1. The summed E-state index contributed by atoms with van der Waals surface area (Å²) >= 11 is 0. The number of amides is 2. The summed E-state index contributed by atoms with van der Waals surface area (Å²) in [6, 6.07) is 6.69. The zero-order chi connectivity index (χ0) is 18.5. The number of carbonyl (C=O) groups is 3. The molecular formula is C19H24N2O5. The fourth-order valence-corrected chi connectivity index (χ4v) is 3.21. The number of nitrogens with one attached hydrogen (secondary N) is 2. The standard InChI is InChI=1S/C19H24N2O5/c22-17(20-11-16(19(24)25)12-6-8-26-9-7-12)14-2-1-3-15(10-14)21-18(23)13-4-5-13/h1-3,10,12-13,16H,4-9,11H2,(H,20,22)(H,21,23)(H,24,25). The highest BCUT2D eigenvalue weighted by Crippen LogP contribution is 2.30. The maximum absolute atomic E-state index is 12.4. The number of hydrogen-bond donors (Lipinski definition) is 3. The highest BCUT2D eigenvalue weighted by molar-refractivity contribution is 5.98. The van der Waals surface area contributed by atoms with E-state index >= 15 is 0 Å². The Labute approximate surface area is 152 Å². The van der Waals surface area contributed by atoms with Gasteiger partial charge in [0.1, 0.15) is 0 Å². The molecule has 26 heavy (non-hydrogen) atoms. The second kappa shape index (κ2) is 8.31. The van der Waals surface area contributed by atoms with Crippen LogP contribution in [0.15, 0.2) is 24.3 Å². The number of anilines is 1. The van der Waals surface area contributed by atoms with Crippen molar-refractivity contribution in [3.63, 3.8) is 0 Å². The van der Waals surface area contributed by atoms with Crippen molar-refractivity contribution in [3.05, 3.63) is 29.8 Å². The molecule has 2 fully saturated rings. The van der Waals surface area contributed by atoms with Crippen LogP contribution in [0.5, 0.6) is 0 Å². The van der Waals surface area contributed by atoms with Gasteiger partial charge in [-0.25, -0.2) is 0 Å². The number of carboxylic acid groups (broad SMARTS) is 1. The first-order chi connectivity index (χ1) is 12.5. The van der Waals surface area contributed by atoms with Crippen LogP contribution in [0.25, 0.3) is 0 Å². The number of benzene rings is 1. The third kappa shape index (κ3) is 4.82. The van der Waals surface area contributed by atoms with Crippen LogP contribution in [0.4, 0.5) is 5.69 Å². The van der Waals surface area contributed by atoms with Gasteiger partial charge in [-0.15, -0.1) is 0 Å². The van der Waals surface area contributed by atoms with Gasteiger partial charge in [0.15, 0.2) is 0 Å². The Kier molecular flexibility index (Phi) is 5.88. The van der Waals surface area contributed by atoms with Gasteiger partial charge in [-0.3, -0.25) is 14.4 Å². The summed E-state index contributed by atoms with van der Waals surface area (Å²) in [5.41, 5.74) is 0.975. The van der Waals surface area contributed by atoms with E-state index in [2.05, 4.69) is 10.6 Å². The number of aliphatic carboxylic acids is 1. The Bertz CT molecular complexity index is 680. The Morgan fingerprint density at radius 3 is 2.54 bits per heavy atom. The van der Waals surface area contributed by atoms with Crippen molar-refractivity contribution < 1.29 is 24.2 Å². The molecule has 0 radical (unpaired) electrons. The van der Waals surface area contributed by atoms with E-state index in [1.54, 1.807) is 24.3 Å². The van der Waals surface area contributed by atoms with Crippen LogP contribution < -0.4 is 10.6 Å². The molecule has 1 saturated carbocycles. The van der Waals surface area contributed by atoms with E-state index in [1.807, 2.05) is 0 Å². The number of carbonyl (C=O) groups excluding carboxylic acids is 2. The summed E-state index contributed by atoms with van der Waals surface area (Å²) in [6.45, 7) is 1.20. The van der Waals surface area contributed by atoms with Crippen molar-refractivity contribution >= 4 is 23.5 Å². The summed E-state index contributed by atoms with van der Waals surface area (Å²) in [5.74, 6) is -1.80. The minimum Gasteiger partial charge on any atom is -0.481 e. The molecule has 1 aromatic rings. The predicted octanol–water partition coefficient (Wildman–Crippen LogP) is 1.89. The summed E-state index contributed by atoms with van der Waals surface area (Å²) in [7, 11) is 0. The number of rotatable bonds is 7. The van der Waals surface area contributed by atoms with E-state index in [0.29, 0.717) is 37.3 Å². The van der Waals surface area contributed by atoms with Gasteiger partial charge < -0.3 is 20.5 Å². The highest BCUT2D eigenvalue weighted by Gasteiger charge is 2.31. The molecule has 1 atom stereocenters. The molecule has 1 heterocycles. The van der Waals surface area contributed by atoms with Gasteiger partial charge in [-0.05, 0) is 49.8 Å². The van der Waals surface area contributed by atoms with Crippen LogP contribution in [0.1, 0.15) is 36.0 Å². The lowest BCUT2D eigenvalue weighted by molar-refractivity contribution is -0.144. The number of hydrogen-bond acceptors (Lipinski definition) is 4. The van der Waals surface area contributed by atoms with Gasteiger partial charge in [0.25, 0.3) is 5.91 Å². The minimum absolute atomic E-state index is 0.00529. The van der Waals surface area contributed by atoms with Crippen LogP contribution in [0.2, 0.25) is 0 Å². The topological polar surface area (TPSA) is 105 Å². The van der Waals surface area contributed by atoms with Gasteiger partial charge in [-0.2, -0.15) is 0 Å². The van der Waals surface area contributed by atoms with Gasteiger partial charge in [0, 0.05) is 36.9 Å². The molecule has 0 bridgehead atoms. The average Bonchev–Trinajstić information content (AvgIpc) is 3.48. The van der Waals surface area contributed by atoms with Crippen molar-refractivity contribution in [2.24, 2.45) is 17.8 Å². The van der Waals surface area contributed by atoms with Crippen molar-refractivity contribution in [1.29, 1.82) is 0 Å². The summed E-state index contributed by atoms with van der Waals surface area (Å²) in [4.78, 5) is 35.8. The summed E-state index contributed by atoms with van der Waals surface area (Å²) in [5, 5.41) is 15.0. The maximum atomic E-state index is 12.4. The monoisotopic (exact) mass is 360 g/mol. The zero-order valence-electron chi connectivity index (χ0n) is 14.6. The molecular weight excluding hydrogens is 336 g/mol. The molecule has 7 nitrogen and oxygen atoms in total. The van der Waals surface area contributed by atoms with Crippen molar-refractivity contribution in [2.45, 2.75) is 25.7 Å². The molecule has 1 aliphatic heterocycles. The van der Waals surface area contributed by atoms with E-state index in [1.165, 1.54) is 0 Å². The molecule has 1 aliphatic carbocycles. The van der Waals surface area contributed by atoms with Crippen molar-refractivity contribution in [1.82, 2.24) is 5.32 Å². The molecule has 7 heteroatoms. The van der Waals surface area contributed by atoms with Gasteiger partial charge in [-0.1, -0.05) is 6.07 Å². The first-order valence-electron chi connectivity index (χ1n) is 9.04. The fourth-order valence-electron chi connectivity index (χ4n) is 3.21. The molecule has 3 rings (SSSR count). The molecule has 1 aromatic carbocycles. The first-order valence-corrected chi connectivity index (χ1v) is 9.04. The van der Waals surface area contributed by atoms with E-state index in [4.69, 9.17) is 4.74 Å². The highest BCUT2D eigenvalue weighted by atomic mass is 16.5. The molecule has 1 unspecified atom stereocenters. The molecule has 140 valence electrons. The lowest BCUT2D eigenvalue weighted by Crippen LogP contribution is -2.39. The normalized spacial score (nSPS) is 18.8. The van der Waals surface area contributed by atoms with E-state index in [-0.39, 0.29) is 30.2 Å².